The zero-order chi connectivity index (χ0) is 9.14. The number of rotatable bonds is 3. The van der Waals surface area contributed by atoms with Gasteiger partial charge >= 0.3 is 0 Å². The maximum atomic E-state index is 5.05. The first-order valence-corrected chi connectivity index (χ1v) is 4.33. The van der Waals surface area contributed by atoms with E-state index >= 15 is 0 Å². The summed E-state index contributed by atoms with van der Waals surface area (Å²) in [4.78, 5) is 0. The lowest BCUT2D eigenvalue weighted by Gasteiger charge is -2.05. The van der Waals surface area contributed by atoms with E-state index in [1.54, 1.807) is 0 Å². The Labute approximate surface area is 77.1 Å². The minimum absolute atomic E-state index is 0.387. The van der Waals surface area contributed by atoms with Crippen LogP contribution >= 0.6 is 12.2 Å². The monoisotopic (exact) mass is 183 g/mol. The van der Waals surface area contributed by atoms with E-state index in [-0.39, 0.29) is 0 Å². The molecule has 0 atom stereocenters. The molecule has 0 fully saturated rings. The fourth-order valence-corrected chi connectivity index (χ4v) is 1.29. The molecule has 0 saturated heterocycles. The number of aromatic amines is 1. The van der Waals surface area contributed by atoms with Crippen molar-refractivity contribution < 1.29 is 0 Å². The van der Waals surface area contributed by atoms with Gasteiger partial charge in [-0.15, -0.1) is 6.58 Å². The Kier molecular flexibility index (Phi) is 2.81. The summed E-state index contributed by atoms with van der Waals surface area (Å²) in [5.41, 5.74) is 0. The van der Waals surface area contributed by atoms with Gasteiger partial charge in [0.1, 0.15) is 5.82 Å². The van der Waals surface area contributed by atoms with Crippen molar-refractivity contribution in [3.63, 3.8) is 0 Å². The van der Waals surface area contributed by atoms with Crippen molar-refractivity contribution in [2.24, 2.45) is 0 Å². The Morgan fingerprint density at radius 3 is 2.92 bits per heavy atom. The van der Waals surface area contributed by atoms with Crippen molar-refractivity contribution in [2.45, 2.75) is 26.3 Å². The number of nitrogens with one attached hydrogen (secondary N) is 1. The summed E-state index contributed by atoms with van der Waals surface area (Å²) in [5.74, 6) is 1.37. The highest BCUT2D eigenvalue weighted by Crippen LogP contribution is 2.10. The van der Waals surface area contributed by atoms with Crippen molar-refractivity contribution in [1.29, 1.82) is 0 Å². The molecule has 1 aromatic rings. The summed E-state index contributed by atoms with van der Waals surface area (Å²) < 4.78 is 2.62. The molecule has 0 bridgehead atoms. The van der Waals surface area contributed by atoms with Crippen LogP contribution in [0.25, 0.3) is 0 Å². The molecule has 1 N–H and O–H groups in total. The van der Waals surface area contributed by atoms with Crippen LogP contribution in [0.1, 0.15) is 25.6 Å². The van der Waals surface area contributed by atoms with Gasteiger partial charge in [-0.2, -0.15) is 5.10 Å². The molecule has 0 aliphatic carbocycles. The number of aromatic nitrogens is 3. The second kappa shape index (κ2) is 3.67. The third-order valence-electron chi connectivity index (χ3n) is 1.62. The van der Waals surface area contributed by atoms with Gasteiger partial charge in [-0.1, -0.05) is 19.9 Å². The van der Waals surface area contributed by atoms with Crippen LogP contribution in [0, 0.1) is 4.77 Å². The van der Waals surface area contributed by atoms with Crippen LogP contribution in [0.4, 0.5) is 0 Å². The van der Waals surface area contributed by atoms with E-state index in [1.807, 2.05) is 10.6 Å². The minimum Gasteiger partial charge on any atom is -0.300 e. The van der Waals surface area contributed by atoms with E-state index in [9.17, 15) is 0 Å². The molecule has 1 rings (SSSR count). The van der Waals surface area contributed by atoms with Gasteiger partial charge in [0.2, 0.25) is 0 Å². The van der Waals surface area contributed by atoms with Crippen LogP contribution in [0.15, 0.2) is 12.7 Å². The van der Waals surface area contributed by atoms with Gasteiger partial charge in [0.05, 0.1) is 0 Å². The van der Waals surface area contributed by atoms with Crippen molar-refractivity contribution in [1.82, 2.24) is 14.8 Å². The van der Waals surface area contributed by atoms with Crippen LogP contribution in [-0.2, 0) is 6.54 Å². The lowest BCUT2D eigenvalue weighted by Crippen LogP contribution is -2.03. The van der Waals surface area contributed by atoms with E-state index in [0.717, 1.165) is 12.4 Å². The van der Waals surface area contributed by atoms with Crippen LogP contribution in [0.5, 0.6) is 0 Å². The number of hydrogen-bond donors (Lipinski definition) is 1. The van der Waals surface area contributed by atoms with Crippen LogP contribution in [0.2, 0.25) is 0 Å². The summed E-state index contributed by atoms with van der Waals surface area (Å²) in [6, 6.07) is 0. The number of nitrogens with zero attached hydrogens (tertiary/aromatic N) is 2. The molecule has 66 valence electrons. The van der Waals surface area contributed by atoms with Gasteiger partial charge < -0.3 is 4.57 Å². The Hall–Kier alpha value is -0.900. The lowest BCUT2D eigenvalue weighted by molar-refractivity contribution is 0.674. The van der Waals surface area contributed by atoms with E-state index < -0.39 is 0 Å². The predicted molar refractivity (Wildman–Crippen MR) is 51.7 cm³/mol. The SMILES string of the molecule is C=CCn1c(C(C)C)n[nH]c1=S. The summed E-state index contributed by atoms with van der Waals surface area (Å²) in [7, 11) is 0. The predicted octanol–water partition coefficient (Wildman–Crippen LogP) is 2.25. The molecule has 1 heterocycles. The molecular formula is C8H13N3S. The first-order chi connectivity index (χ1) is 5.66. The zero-order valence-corrected chi connectivity index (χ0v) is 8.19. The van der Waals surface area contributed by atoms with Crippen LogP contribution in [-0.4, -0.2) is 14.8 Å². The summed E-state index contributed by atoms with van der Waals surface area (Å²) in [6.45, 7) is 8.57. The second-order valence-corrected chi connectivity index (χ2v) is 3.33. The van der Waals surface area contributed by atoms with Gasteiger partial charge in [-0.25, -0.2) is 0 Å². The summed E-state index contributed by atoms with van der Waals surface area (Å²) in [6.07, 6.45) is 1.82. The third kappa shape index (κ3) is 1.64. The molecule has 0 saturated carbocycles. The largest absolute Gasteiger partial charge is 0.300 e. The molecule has 0 unspecified atom stereocenters. The molecule has 0 amide bonds. The Bertz CT molecular complexity index is 321. The van der Waals surface area contributed by atoms with E-state index in [4.69, 9.17) is 12.2 Å². The van der Waals surface area contributed by atoms with Gasteiger partial charge in [0.15, 0.2) is 4.77 Å². The van der Waals surface area contributed by atoms with E-state index in [0.29, 0.717) is 10.7 Å². The van der Waals surface area contributed by atoms with Crippen molar-refractivity contribution in [2.75, 3.05) is 0 Å². The van der Waals surface area contributed by atoms with Gasteiger partial charge in [-0.05, 0) is 12.2 Å². The maximum Gasteiger partial charge on any atom is 0.195 e. The first-order valence-electron chi connectivity index (χ1n) is 3.92. The third-order valence-corrected chi connectivity index (χ3v) is 1.93. The van der Waals surface area contributed by atoms with Crippen LogP contribution < -0.4 is 0 Å². The average molecular weight is 183 g/mol. The average Bonchev–Trinajstić information content (AvgIpc) is 2.34. The van der Waals surface area contributed by atoms with Crippen molar-refractivity contribution in [3.05, 3.63) is 23.3 Å². The fourth-order valence-electron chi connectivity index (χ4n) is 1.08. The smallest absolute Gasteiger partial charge is 0.195 e. The van der Waals surface area contributed by atoms with Gasteiger partial charge in [0, 0.05) is 12.5 Å². The van der Waals surface area contributed by atoms with E-state index in [1.165, 1.54) is 0 Å². The van der Waals surface area contributed by atoms with Crippen molar-refractivity contribution in [3.8, 4) is 0 Å². The van der Waals surface area contributed by atoms with Crippen LogP contribution in [0.3, 0.4) is 0 Å². The molecular weight excluding hydrogens is 170 g/mol. The highest BCUT2D eigenvalue weighted by atomic mass is 32.1. The first kappa shape index (κ1) is 9.19. The van der Waals surface area contributed by atoms with Gasteiger partial charge in [-0.3, -0.25) is 5.10 Å². The summed E-state index contributed by atoms with van der Waals surface area (Å²) in [5, 5.41) is 6.90. The van der Waals surface area contributed by atoms with E-state index in [2.05, 4.69) is 30.6 Å². The molecule has 12 heavy (non-hydrogen) atoms. The Morgan fingerprint density at radius 1 is 1.75 bits per heavy atom. The molecule has 0 radical (unpaired) electrons. The molecule has 0 aliphatic heterocycles. The lowest BCUT2D eigenvalue weighted by atomic mass is 10.2. The molecule has 3 nitrogen and oxygen atoms in total. The molecule has 0 aliphatic rings. The van der Waals surface area contributed by atoms with Crippen molar-refractivity contribution >= 4 is 12.2 Å². The Balaban J connectivity index is 3.12. The quantitative estimate of drug-likeness (QED) is 0.576. The Morgan fingerprint density at radius 2 is 2.42 bits per heavy atom. The second-order valence-electron chi connectivity index (χ2n) is 2.94. The van der Waals surface area contributed by atoms with Gasteiger partial charge in [0.25, 0.3) is 0 Å². The summed E-state index contributed by atoms with van der Waals surface area (Å²) >= 11 is 5.05. The molecule has 0 spiro atoms. The highest BCUT2D eigenvalue weighted by Gasteiger charge is 2.07. The number of hydrogen-bond acceptors (Lipinski definition) is 2. The fraction of sp³-hybridized carbons (Fsp3) is 0.500. The molecule has 4 heteroatoms. The molecule has 1 aromatic heterocycles. The number of allylic oxidation sites excluding steroid dienone is 1. The normalized spacial score (nSPS) is 10.6. The molecule has 0 aromatic carbocycles. The number of H-pyrrole nitrogens is 1. The standard InChI is InChI=1S/C8H13N3S/c1-4-5-11-7(6(2)3)9-10-8(11)12/h4,6H,1,5H2,2-3H3,(H,10,12). The minimum atomic E-state index is 0.387. The topological polar surface area (TPSA) is 33.6 Å². The highest BCUT2D eigenvalue weighted by molar-refractivity contribution is 7.71. The zero-order valence-electron chi connectivity index (χ0n) is 7.37. The maximum absolute atomic E-state index is 5.05.